The fraction of sp³-hybridized carbons (Fsp3) is 0.923. The van der Waals surface area contributed by atoms with Crippen LogP contribution in [0.5, 0.6) is 0 Å². The van der Waals surface area contributed by atoms with E-state index < -0.39 is 0 Å². The van der Waals surface area contributed by atoms with Crippen molar-refractivity contribution >= 4 is 5.91 Å². The molecule has 1 saturated heterocycles. The number of nitrogens with zero attached hydrogens (tertiary/aromatic N) is 1. The van der Waals surface area contributed by atoms with Crippen LogP contribution in [0.1, 0.15) is 32.6 Å². The third-order valence-electron chi connectivity index (χ3n) is 3.28. The molecule has 5 nitrogen and oxygen atoms in total. The van der Waals surface area contributed by atoms with Gasteiger partial charge < -0.3 is 20.7 Å². The van der Waals surface area contributed by atoms with Gasteiger partial charge in [-0.3, -0.25) is 4.79 Å². The number of unbranched alkanes of at least 4 members (excludes halogenated alkanes) is 1. The molecule has 0 aliphatic carbocycles. The van der Waals surface area contributed by atoms with Crippen molar-refractivity contribution in [2.24, 2.45) is 5.73 Å². The van der Waals surface area contributed by atoms with Crippen molar-refractivity contribution in [2.75, 3.05) is 39.4 Å². The number of hydrogen-bond acceptors (Lipinski definition) is 4. The average molecular weight is 257 g/mol. The Labute approximate surface area is 110 Å². The van der Waals surface area contributed by atoms with Gasteiger partial charge in [0.25, 0.3) is 0 Å². The van der Waals surface area contributed by atoms with E-state index in [4.69, 9.17) is 10.5 Å². The van der Waals surface area contributed by atoms with E-state index in [1.807, 2.05) is 0 Å². The Balaban J connectivity index is 2.09. The minimum absolute atomic E-state index is 0.0181. The second-order valence-corrected chi connectivity index (χ2v) is 4.88. The minimum Gasteiger partial charge on any atom is -0.370 e. The molecule has 0 spiro atoms. The largest absolute Gasteiger partial charge is 0.370 e. The maximum atomic E-state index is 11.5. The lowest BCUT2D eigenvalue weighted by atomic mass is 10.0. The van der Waals surface area contributed by atoms with Crippen LogP contribution in [-0.4, -0.2) is 56.2 Å². The number of hydrogen-bond donors (Lipinski definition) is 2. The van der Waals surface area contributed by atoms with Gasteiger partial charge in [0.05, 0.1) is 6.61 Å². The first-order chi connectivity index (χ1) is 8.76. The fourth-order valence-electron chi connectivity index (χ4n) is 2.20. The van der Waals surface area contributed by atoms with Gasteiger partial charge in [-0.05, 0) is 25.8 Å². The summed E-state index contributed by atoms with van der Waals surface area (Å²) < 4.78 is 5.11. The van der Waals surface area contributed by atoms with Crippen LogP contribution in [0.3, 0.4) is 0 Å². The summed E-state index contributed by atoms with van der Waals surface area (Å²) in [6, 6.07) is 0.317. The Morgan fingerprint density at radius 2 is 2.17 bits per heavy atom. The molecule has 106 valence electrons. The van der Waals surface area contributed by atoms with E-state index in [1.54, 1.807) is 0 Å². The van der Waals surface area contributed by atoms with E-state index >= 15 is 0 Å². The molecule has 1 amide bonds. The van der Waals surface area contributed by atoms with E-state index in [-0.39, 0.29) is 12.5 Å². The van der Waals surface area contributed by atoms with Gasteiger partial charge in [-0.15, -0.1) is 0 Å². The van der Waals surface area contributed by atoms with Gasteiger partial charge in [-0.1, -0.05) is 13.3 Å². The lowest BCUT2D eigenvalue weighted by Gasteiger charge is -2.32. The summed E-state index contributed by atoms with van der Waals surface area (Å²) in [5.74, 6) is -0.0181. The van der Waals surface area contributed by atoms with Gasteiger partial charge in [0.1, 0.15) is 6.61 Å². The molecule has 0 aromatic rings. The maximum Gasteiger partial charge on any atom is 0.246 e. The van der Waals surface area contributed by atoms with E-state index in [0.717, 1.165) is 25.9 Å². The first-order valence-electron chi connectivity index (χ1n) is 7.05. The van der Waals surface area contributed by atoms with Gasteiger partial charge in [0.15, 0.2) is 0 Å². The molecule has 1 fully saturated rings. The van der Waals surface area contributed by atoms with Crippen molar-refractivity contribution in [3.8, 4) is 0 Å². The van der Waals surface area contributed by atoms with Crippen LogP contribution in [0, 0.1) is 0 Å². The number of piperidine rings is 1. The first-order valence-corrected chi connectivity index (χ1v) is 7.05. The van der Waals surface area contributed by atoms with Crippen molar-refractivity contribution in [1.29, 1.82) is 0 Å². The second kappa shape index (κ2) is 9.30. The Morgan fingerprint density at radius 1 is 1.44 bits per heavy atom. The lowest BCUT2D eigenvalue weighted by molar-refractivity contribution is -0.126. The molecular weight excluding hydrogens is 230 g/mol. The molecule has 0 aromatic heterocycles. The molecule has 1 rings (SSSR count). The first kappa shape index (κ1) is 15.4. The predicted molar refractivity (Wildman–Crippen MR) is 72.4 cm³/mol. The zero-order valence-corrected chi connectivity index (χ0v) is 11.5. The molecule has 1 aliphatic heterocycles. The monoisotopic (exact) mass is 257 g/mol. The highest BCUT2D eigenvalue weighted by molar-refractivity contribution is 5.77. The molecule has 1 heterocycles. The van der Waals surface area contributed by atoms with E-state index in [1.165, 1.54) is 19.4 Å². The SMILES string of the molecule is CCCCN1CCC(NC(=O)COCCN)CC1. The number of carbonyl (C=O) groups is 1. The molecule has 0 unspecified atom stereocenters. The topological polar surface area (TPSA) is 67.6 Å². The molecule has 18 heavy (non-hydrogen) atoms. The summed E-state index contributed by atoms with van der Waals surface area (Å²) in [5, 5.41) is 3.02. The molecular formula is C13H27N3O2. The fourth-order valence-corrected chi connectivity index (χ4v) is 2.20. The number of amides is 1. The summed E-state index contributed by atoms with van der Waals surface area (Å²) in [6.45, 7) is 6.63. The number of nitrogens with two attached hydrogens (primary N) is 1. The summed E-state index contributed by atoms with van der Waals surface area (Å²) in [7, 11) is 0. The van der Waals surface area contributed by atoms with Crippen molar-refractivity contribution in [2.45, 2.75) is 38.6 Å². The maximum absolute atomic E-state index is 11.5. The molecule has 0 saturated carbocycles. The zero-order valence-electron chi connectivity index (χ0n) is 11.5. The lowest BCUT2D eigenvalue weighted by Crippen LogP contribution is -2.45. The number of ether oxygens (including phenoxy) is 1. The molecule has 0 aromatic carbocycles. The Bertz CT molecular complexity index is 228. The molecule has 5 heteroatoms. The van der Waals surface area contributed by atoms with Crippen molar-refractivity contribution in [1.82, 2.24) is 10.2 Å². The molecule has 3 N–H and O–H groups in total. The highest BCUT2D eigenvalue weighted by Crippen LogP contribution is 2.10. The van der Waals surface area contributed by atoms with Gasteiger partial charge >= 0.3 is 0 Å². The third kappa shape index (κ3) is 6.33. The van der Waals surface area contributed by atoms with Crippen LogP contribution in [0.2, 0.25) is 0 Å². The third-order valence-corrected chi connectivity index (χ3v) is 3.28. The predicted octanol–water partition coefficient (Wildman–Crippen LogP) is 0.342. The van der Waals surface area contributed by atoms with Gasteiger partial charge in [0, 0.05) is 25.7 Å². The van der Waals surface area contributed by atoms with Gasteiger partial charge in [-0.25, -0.2) is 0 Å². The summed E-state index contributed by atoms with van der Waals surface area (Å²) >= 11 is 0. The molecule has 0 radical (unpaired) electrons. The van der Waals surface area contributed by atoms with Gasteiger partial charge in [-0.2, -0.15) is 0 Å². The second-order valence-electron chi connectivity index (χ2n) is 4.88. The minimum atomic E-state index is -0.0181. The normalized spacial score (nSPS) is 17.9. The quantitative estimate of drug-likeness (QED) is 0.615. The zero-order chi connectivity index (χ0) is 13.2. The summed E-state index contributed by atoms with van der Waals surface area (Å²) in [4.78, 5) is 14.0. The Morgan fingerprint density at radius 3 is 2.78 bits per heavy atom. The van der Waals surface area contributed by atoms with Crippen molar-refractivity contribution in [3.05, 3.63) is 0 Å². The summed E-state index contributed by atoms with van der Waals surface area (Å²) in [5.41, 5.74) is 5.29. The smallest absolute Gasteiger partial charge is 0.246 e. The van der Waals surface area contributed by atoms with Crippen molar-refractivity contribution in [3.63, 3.8) is 0 Å². The highest BCUT2D eigenvalue weighted by Gasteiger charge is 2.19. The van der Waals surface area contributed by atoms with Gasteiger partial charge in [0.2, 0.25) is 5.91 Å². The standard InChI is InChI=1S/C13H27N3O2/c1-2-3-7-16-8-4-12(5-9-16)15-13(17)11-18-10-6-14/h12H,2-11,14H2,1H3,(H,15,17). The van der Waals surface area contributed by atoms with Crippen LogP contribution in [0.4, 0.5) is 0 Å². The molecule has 1 aliphatic rings. The van der Waals surface area contributed by atoms with Crippen LogP contribution in [0.15, 0.2) is 0 Å². The number of likely N-dealkylation sites (tertiary alicyclic amines) is 1. The van der Waals surface area contributed by atoms with Crippen molar-refractivity contribution < 1.29 is 9.53 Å². The van der Waals surface area contributed by atoms with Crippen LogP contribution < -0.4 is 11.1 Å². The molecule has 0 bridgehead atoms. The van der Waals surface area contributed by atoms with Crippen LogP contribution in [-0.2, 0) is 9.53 Å². The number of carbonyl (C=O) groups excluding carboxylic acids is 1. The Hall–Kier alpha value is -0.650. The van der Waals surface area contributed by atoms with Crippen LogP contribution in [0.25, 0.3) is 0 Å². The summed E-state index contributed by atoms with van der Waals surface area (Å²) in [6.07, 6.45) is 4.61. The van der Waals surface area contributed by atoms with E-state index in [0.29, 0.717) is 19.2 Å². The number of nitrogens with one attached hydrogen (secondary N) is 1. The van der Waals surface area contributed by atoms with Crippen LogP contribution >= 0.6 is 0 Å². The molecule has 0 atom stereocenters. The van der Waals surface area contributed by atoms with E-state index in [2.05, 4.69) is 17.1 Å². The Kier molecular flexibility index (Phi) is 7.96. The average Bonchev–Trinajstić information content (AvgIpc) is 2.38. The number of rotatable bonds is 8. The van der Waals surface area contributed by atoms with E-state index in [9.17, 15) is 4.79 Å². The highest BCUT2D eigenvalue weighted by atomic mass is 16.5.